The fraction of sp³-hybridized carbons (Fsp3) is 0.167. The van der Waals surface area contributed by atoms with Crippen molar-refractivity contribution < 1.29 is 8.42 Å². The van der Waals surface area contributed by atoms with E-state index in [9.17, 15) is 8.42 Å². The van der Waals surface area contributed by atoms with Crippen LogP contribution < -0.4 is 10.5 Å². The van der Waals surface area contributed by atoms with E-state index in [2.05, 4.69) is 9.82 Å². The molecule has 1 aromatic carbocycles. The van der Waals surface area contributed by atoms with Crippen LogP contribution in [0.2, 0.25) is 5.02 Å². The largest absolute Gasteiger partial charge is 0.381 e. The third kappa shape index (κ3) is 2.79. The molecule has 21 heavy (non-hydrogen) atoms. The molecule has 1 heterocycles. The summed E-state index contributed by atoms with van der Waals surface area (Å²) in [6, 6.07) is 6.13. The fourth-order valence-corrected chi connectivity index (χ4v) is 3.36. The first-order valence-electron chi connectivity index (χ1n) is 5.78. The molecule has 0 aliphatic carbocycles. The zero-order valence-corrected chi connectivity index (χ0v) is 12.8. The van der Waals surface area contributed by atoms with Crippen molar-refractivity contribution in [2.24, 2.45) is 7.05 Å². The number of nitrogens with two attached hydrogens (primary N) is 1. The van der Waals surface area contributed by atoms with Gasteiger partial charge in [0.1, 0.15) is 6.07 Å². The minimum Gasteiger partial charge on any atom is -0.381 e. The second-order valence-corrected chi connectivity index (χ2v) is 6.36. The molecule has 2 rings (SSSR count). The van der Waals surface area contributed by atoms with E-state index in [1.54, 1.807) is 14.0 Å². The SMILES string of the molecule is Cc1c(S(=O)(=O)Nc2ccc(Cl)c(C#N)c2)c(N)nn1C. The number of nitrogens with zero attached hydrogens (tertiary/aromatic N) is 3. The summed E-state index contributed by atoms with van der Waals surface area (Å²) in [5.74, 6) is -0.0861. The Morgan fingerprint density at radius 1 is 1.48 bits per heavy atom. The summed E-state index contributed by atoms with van der Waals surface area (Å²) in [5.41, 5.74) is 6.44. The van der Waals surface area contributed by atoms with Crippen molar-refractivity contribution in [2.45, 2.75) is 11.8 Å². The van der Waals surface area contributed by atoms with E-state index in [1.807, 2.05) is 6.07 Å². The number of aromatic nitrogens is 2. The van der Waals surface area contributed by atoms with E-state index in [0.29, 0.717) is 5.69 Å². The lowest BCUT2D eigenvalue weighted by atomic mass is 10.2. The van der Waals surface area contributed by atoms with Gasteiger partial charge in [-0.3, -0.25) is 9.40 Å². The zero-order chi connectivity index (χ0) is 15.8. The lowest BCUT2D eigenvalue weighted by Crippen LogP contribution is -2.15. The van der Waals surface area contributed by atoms with Crippen LogP contribution in [0.3, 0.4) is 0 Å². The number of hydrogen-bond donors (Lipinski definition) is 2. The normalized spacial score (nSPS) is 11.1. The molecular weight excluding hydrogens is 314 g/mol. The van der Waals surface area contributed by atoms with Crippen molar-refractivity contribution >= 4 is 33.1 Å². The maximum absolute atomic E-state index is 12.4. The number of sulfonamides is 1. The number of anilines is 2. The van der Waals surface area contributed by atoms with Crippen LogP contribution >= 0.6 is 11.6 Å². The monoisotopic (exact) mass is 325 g/mol. The van der Waals surface area contributed by atoms with E-state index in [0.717, 1.165) is 0 Å². The second-order valence-electron chi connectivity index (χ2n) is 4.34. The van der Waals surface area contributed by atoms with Crippen LogP contribution in [0.25, 0.3) is 0 Å². The fourth-order valence-electron chi connectivity index (χ4n) is 1.83. The Kier molecular flexibility index (Phi) is 3.80. The van der Waals surface area contributed by atoms with E-state index in [1.165, 1.54) is 22.9 Å². The molecule has 0 radical (unpaired) electrons. The number of hydrogen-bond acceptors (Lipinski definition) is 5. The van der Waals surface area contributed by atoms with Gasteiger partial charge in [0.25, 0.3) is 10.0 Å². The van der Waals surface area contributed by atoms with Crippen LogP contribution in [0.15, 0.2) is 23.1 Å². The number of rotatable bonds is 3. The van der Waals surface area contributed by atoms with Gasteiger partial charge in [-0.15, -0.1) is 0 Å². The Bertz CT molecular complexity index is 851. The van der Waals surface area contributed by atoms with Gasteiger partial charge < -0.3 is 5.73 Å². The van der Waals surface area contributed by atoms with Gasteiger partial charge in [0, 0.05) is 7.05 Å². The molecule has 0 spiro atoms. The maximum atomic E-state index is 12.4. The molecule has 0 aliphatic heterocycles. The molecule has 0 aliphatic rings. The van der Waals surface area contributed by atoms with Gasteiger partial charge in [-0.05, 0) is 25.1 Å². The summed E-state index contributed by atoms with van der Waals surface area (Å²) in [5, 5.41) is 13.0. The highest BCUT2D eigenvalue weighted by atomic mass is 35.5. The third-order valence-electron chi connectivity index (χ3n) is 2.91. The highest BCUT2D eigenvalue weighted by molar-refractivity contribution is 7.93. The summed E-state index contributed by atoms with van der Waals surface area (Å²) >= 11 is 5.81. The van der Waals surface area contributed by atoms with Crippen molar-refractivity contribution in [2.75, 3.05) is 10.5 Å². The van der Waals surface area contributed by atoms with Crippen LogP contribution in [0.1, 0.15) is 11.3 Å². The second kappa shape index (κ2) is 5.27. The van der Waals surface area contributed by atoms with E-state index in [-0.39, 0.29) is 27.0 Å². The number of benzene rings is 1. The molecule has 0 unspecified atom stereocenters. The number of nitriles is 1. The molecule has 0 fully saturated rings. The highest BCUT2D eigenvalue weighted by Gasteiger charge is 2.24. The molecule has 1 aromatic heterocycles. The van der Waals surface area contributed by atoms with Crippen LogP contribution in [0.4, 0.5) is 11.5 Å². The summed E-state index contributed by atoms with van der Waals surface area (Å²) in [7, 11) is -2.30. The lowest BCUT2D eigenvalue weighted by molar-refractivity contribution is 0.600. The van der Waals surface area contributed by atoms with Gasteiger partial charge in [-0.1, -0.05) is 11.6 Å². The molecule has 0 bridgehead atoms. The van der Waals surface area contributed by atoms with Gasteiger partial charge >= 0.3 is 0 Å². The molecule has 0 atom stereocenters. The molecule has 9 heteroatoms. The average molecular weight is 326 g/mol. The van der Waals surface area contributed by atoms with E-state index >= 15 is 0 Å². The Hall–Kier alpha value is -2.24. The molecule has 110 valence electrons. The topological polar surface area (TPSA) is 114 Å². The van der Waals surface area contributed by atoms with Crippen molar-refractivity contribution in [3.63, 3.8) is 0 Å². The summed E-state index contributed by atoms with van der Waals surface area (Å²) in [6.45, 7) is 1.60. The first-order valence-corrected chi connectivity index (χ1v) is 7.64. The van der Waals surface area contributed by atoms with Crippen LogP contribution in [0, 0.1) is 18.3 Å². The Balaban J connectivity index is 2.45. The predicted octanol–water partition coefficient (Wildman–Crippen LogP) is 1.64. The molecular formula is C12H12ClN5O2S. The first-order chi connectivity index (χ1) is 9.76. The molecule has 0 saturated carbocycles. The van der Waals surface area contributed by atoms with E-state index < -0.39 is 10.0 Å². The number of nitrogens with one attached hydrogen (secondary N) is 1. The van der Waals surface area contributed by atoms with Crippen molar-refractivity contribution in [1.29, 1.82) is 5.26 Å². The third-order valence-corrected chi connectivity index (χ3v) is 4.79. The van der Waals surface area contributed by atoms with Gasteiger partial charge in [0.05, 0.1) is 22.0 Å². The average Bonchev–Trinajstić information content (AvgIpc) is 2.65. The number of halogens is 1. The summed E-state index contributed by atoms with van der Waals surface area (Å²) in [4.78, 5) is -0.0848. The Morgan fingerprint density at radius 3 is 2.67 bits per heavy atom. The maximum Gasteiger partial charge on any atom is 0.267 e. The molecule has 3 N–H and O–H groups in total. The Labute approximate surface area is 127 Å². The van der Waals surface area contributed by atoms with Crippen molar-refractivity contribution in [1.82, 2.24) is 9.78 Å². The lowest BCUT2D eigenvalue weighted by Gasteiger charge is -2.09. The number of nitrogen functional groups attached to an aromatic ring is 1. The van der Waals surface area contributed by atoms with Crippen molar-refractivity contribution in [3.8, 4) is 6.07 Å². The quantitative estimate of drug-likeness (QED) is 0.890. The molecule has 2 aromatic rings. The van der Waals surface area contributed by atoms with Crippen molar-refractivity contribution in [3.05, 3.63) is 34.5 Å². The zero-order valence-electron chi connectivity index (χ0n) is 11.3. The standard InChI is InChI=1S/C12H12ClN5O2S/c1-7-11(12(15)16-18(7)2)21(19,20)17-9-3-4-10(13)8(5-9)6-14/h3-5,17H,1-2H3,(H2,15,16). The van der Waals surface area contributed by atoms with Gasteiger partial charge in [-0.25, -0.2) is 8.42 Å². The summed E-state index contributed by atoms with van der Waals surface area (Å²) < 4.78 is 28.5. The molecule has 7 nitrogen and oxygen atoms in total. The smallest absolute Gasteiger partial charge is 0.267 e. The van der Waals surface area contributed by atoms with Crippen LogP contribution in [-0.4, -0.2) is 18.2 Å². The minimum atomic E-state index is -3.90. The molecule has 0 saturated heterocycles. The van der Waals surface area contributed by atoms with E-state index in [4.69, 9.17) is 22.6 Å². The first kappa shape index (κ1) is 15.2. The summed E-state index contributed by atoms with van der Waals surface area (Å²) in [6.07, 6.45) is 0. The number of aryl methyl sites for hydroxylation is 1. The highest BCUT2D eigenvalue weighted by Crippen LogP contribution is 2.26. The Morgan fingerprint density at radius 2 is 2.14 bits per heavy atom. The minimum absolute atomic E-state index is 0.0848. The van der Waals surface area contributed by atoms with Gasteiger partial charge in [0.15, 0.2) is 10.7 Å². The van der Waals surface area contributed by atoms with Gasteiger partial charge in [-0.2, -0.15) is 10.4 Å². The van der Waals surface area contributed by atoms with Gasteiger partial charge in [0.2, 0.25) is 0 Å². The van der Waals surface area contributed by atoms with Crippen LogP contribution in [-0.2, 0) is 17.1 Å². The predicted molar refractivity (Wildman–Crippen MR) is 79.3 cm³/mol. The molecule has 0 amide bonds. The van der Waals surface area contributed by atoms with Crippen LogP contribution in [0.5, 0.6) is 0 Å².